The highest BCUT2D eigenvalue weighted by molar-refractivity contribution is 5.35. The second-order valence-electron chi connectivity index (χ2n) is 5.30. The van der Waals surface area contributed by atoms with Crippen molar-refractivity contribution in [3.05, 3.63) is 102 Å². The van der Waals surface area contributed by atoms with Crippen molar-refractivity contribution in [1.29, 1.82) is 0 Å². The Balaban J connectivity index is 1.85. The number of phenolic OH excluding ortho intramolecular Hbond substituents is 1. The lowest BCUT2D eigenvalue weighted by Gasteiger charge is -2.20. The van der Waals surface area contributed by atoms with E-state index in [9.17, 15) is 5.11 Å². The summed E-state index contributed by atoms with van der Waals surface area (Å²) < 4.78 is 0. The van der Waals surface area contributed by atoms with Gasteiger partial charge in [0.2, 0.25) is 0 Å². The van der Waals surface area contributed by atoms with Crippen molar-refractivity contribution in [1.82, 2.24) is 5.32 Å². The number of hydrogen-bond acceptors (Lipinski definition) is 2. The fraction of sp³-hybridized carbons (Fsp3) is 0.100. The molecule has 0 radical (unpaired) electrons. The summed E-state index contributed by atoms with van der Waals surface area (Å²) in [5, 5.41) is 13.1. The van der Waals surface area contributed by atoms with Gasteiger partial charge in [-0.05, 0) is 28.8 Å². The Morgan fingerprint density at radius 1 is 0.682 bits per heavy atom. The largest absolute Gasteiger partial charge is 0.508 e. The van der Waals surface area contributed by atoms with E-state index >= 15 is 0 Å². The SMILES string of the molecule is Oc1ccc(C(NCc2ccccc2)c2ccccc2)cc1. The van der Waals surface area contributed by atoms with Gasteiger partial charge in [0, 0.05) is 6.54 Å². The van der Waals surface area contributed by atoms with Crippen molar-refractivity contribution in [2.75, 3.05) is 0 Å². The Morgan fingerprint density at radius 2 is 1.23 bits per heavy atom. The zero-order valence-electron chi connectivity index (χ0n) is 12.3. The lowest BCUT2D eigenvalue weighted by atomic mass is 9.98. The number of rotatable bonds is 5. The number of phenols is 1. The highest BCUT2D eigenvalue weighted by Gasteiger charge is 2.13. The van der Waals surface area contributed by atoms with Crippen LogP contribution >= 0.6 is 0 Å². The number of aromatic hydroxyl groups is 1. The molecule has 0 aliphatic heterocycles. The molecule has 3 aromatic carbocycles. The summed E-state index contributed by atoms with van der Waals surface area (Å²) in [5.41, 5.74) is 3.60. The average Bonchev–Trinajstić information content (AvgIpc) is 2.58. The van der Waals surface area contributed by atoms with Gasteiger partial charge in [0.05, 0.1) is 6.04 Å². The first-order valence-corrected chi connectivity index (χ1v) is 7.44. The highest BCUT2D eigenvalue weighted by Crippen LogP contribution is 2.24. The molecule has 0 aliphatic carbocycles. The van der Waals surface area contributed by atoms with E-state index < -0.39 is 0 Å². The summed E-state index contributed by atoms with van der Waals surface area (Å²) in [6.45, 7) is 0.793. The Bertz CT molecular complexity index is 693. The summed E-state index contributed by atoms with van der Waals surface area (Å²) in [7, 11) is 0. The first-order valence-electron chi connectivity index (χ1n) is 7.44. The molecule has 0 aromatic heterocycles. The summed E-state index contributed by atoms with van der Waals surface area (Å²) in [4.78, 5) is 0. The van der Waals surface area contributed by atoms with Gasteiger partial charge in [-0.15, -0.1) is 0 Å². The maximum absolute atomic E-state index is 9.50. The van der Waals surface area contributed by atoms with Crippen molar-refractivity contribution in [2.24, 2.45) is 0 Å². The lowest BCUT2D eigenvalue weighted by Crippen LogP contribution is -2.21. The van der Waals surface area contributed by atoms with Crippen molar-refractivity contribution in [3.63, 3.8) is 0 Å². The lowest BCUT2D eigenvalue weighted by molar-refractivity contribution is 0.474. The van der Waals surface area contributed by atoms with E-state index in [1.165, 1.54) is 11.1 Å². The standard InChI is InChI=1S/C20H19NO/c22-19-13-11-18(12-14-19)20(17-9-5-2-6-10-17)21-15-16-7-3-1-4-8-16/h1-14,20-22H,15H2. The van der Waals surface area contributed by atoms with Crippen LogP contribution in [-0.4, -0.2) is 5.11 Å². The molecular weight excluding hydrogens is 270 g/mol. The molecule has 2 heteroatoms. The van der Waals surface area contributed by atoms with E-state index in [1.54, 1.807) is 12.1 Å². The van der Waals surface area contributed by atoms with Crippen LogP contribution in [0.15, 0.2) is 84.9 Å². The maximum atomic E-state index is 9.50. The summed E-state index contributed by atoms with van der Waals surface area (Å²) in [6, 6.07) is 28.2. The van der Waals surface area contributed by atoms with Gasteiger partial charge in [-0.25, -0.2) is 0 Å². The van der Waals surface area contributed by atoms with Crippen LogP contribution in [-0.2, 0) is 6.54 Å². The Labute approximate surface area is 131 Å². The number of hydrogen-bond donors (Lipinski definition) is 2. The second-order valence-corrected chi connectivity index (χ2v) is 5.30. The molecule has 0 aliphatic rings. The molecule has 0 saturated carbocycles. The zero-order valence-corrected chi connectivity index (χ0v) is 12.3. The molecule has 2 nitrogen and oxygen atoms in total. The molecule has 1 atom stereocenters. The third-order valence-electron chi connectivity index (χ3n) is 3.71. The normalized spacial score (nSPS) is 12.0. The molecule has 0 spiro atoms. The van der Waals surface area contributed by atoms with Gasteiger partial charge in [0.15, 0.2) is 0 Å². The van der Waals surface area contributed by atoms with Crippen LogP contribution in [0.3, 0.4) is 0 Å². The van der Waals surface area contributed by atoms with Crippen LogP contribution in [0.1, 0.15) is 22.7 Å². The molecular formula is C20H19NO. The third kappa shape index (κ3) is 3.54. The van der Waals surface area contributed by atoms with Crippen LogP contribution in [0.4, 0.5) is 0 Å². The highest BCUT2D eigenvalue weighted by atomic mass is 16.3. The average molecular weight is 289 g/mol. The van der Waals surface area contributed by atoms with Gasteiger partial charge < -0.3 is 10.4 Å². The van der Waals surface area contributed by atoms with E-state index in [0.29, 0.717) is 5.75 Å². The molecule has 22 heavy (non-hydrogen) atoms. The van der Waals surface area contributed by atoms with Crippen molar-refractivity contribution in [2.45, 2.75) is 12.6 Å². The second kappa shape index (κ2) is 6.92. The molecule has 0 heterocycles. The molecule has 0 bridgehead atoms. The topological polar surface area (TPSA) is 32.3 Å². The molecule has 0 amide bonds. The first-order chi connectivity index (χ1) is 10.8. The van der Waals surface area contributed by atoms with E-state index in [4.69, 9.17) is 0 Å². The van der Waals surface area contributed by atoms with Crippen LogP contribution < -0.4 is 5.32 Å². The van der Waals surface area contributed by atoms with Crippen LogP contribution in [0.2, 0.25) is 0 Å². The van der Waals surface area contributed by atoms with Gasteiger partial charge in [-0.1, -0.05) is 72.8 Å². The van der Waals surface area contributed by atoms with Gasteiger partial charge in [0.25, 0.3) is 0 Å². The molecule has 3 aromatic rings. The fourth-order valence-electron chi connectivity index (χ4n) is 2.56. The molecule has 2 N–H and O–H groups in total. The zero-order chi connectivity index (χ0) is 15.2. The summed E-state index contributed by atoms with van der Waals surface area (Å²) in [6.07, 6.45) is 0. The summed E-state index contributed by atoms with van der Waals surface area (Å²) in [5.74, 6) is 0.290. The smallest absolute Gasteiger partial charge is 0.115 e. The monoisotopic (exact) mass is 289 g/mol. The van der Waals surface area contributed by atoms with E-state index in [2.05, 4.69) is 41.7 Å². The van der Waals surface area contributed by atoms with Gasteiger partial charge >= 0.3 is 0 Å². The number of nitrogens with one attached hydrogen (secondary N) is 1. The minimum absolute atomic E-state index is 0.0991. The van der Waals surface area contributed by atoms with Gasteiger partial charge in [0.1, 0.15) is 5.75 Å². The molecule has 0 fully saturated rings. The van der Waals surface area contributed by atoms with E-state index in [-0.39, 0.29) is 6.04 Å². The Morgan fingerprint density at radius 3 is 1.86 bits per heavy atom. The fourth-order valence-corrected chi connectivity index (χ4v) is 2.56. The number of benzene rings is 3. The van der Waals surface area contributed by atoms with Gasteiger partial charge in [-0.2, -0.15) is 0 Å². The van der Waals surface area contributed by atoms with E-state index in [0.717, 1.165) is 12.1 Å². The molecule has 1 unspecified atom stereocenters. The van der Waals surface area contributed by atoms with Crippen LogP contribution in [0, 0.1) is 0 Å². The Hall–Kier alpha value is -2.58. The minimum atomic E-state index is 0.0991. The van der Waals surface area contributed by atoms with Crippen LogP contribution in [0.5, 0.6) is 5.75 Å². The van der Waals surface area contributed by atoms with E-state index in [1.807, 2.05) is 36.4 Å². The van der Waals surface area contributed by atoms with Crippen molar-refractivity contribution < 1.29 is 5.11 Å². The van der Waals surface area contributed by atoms with Crippen LogP contribution in [0.25, 0.3) is 0 Å². The maximum Gasteiger partial charge on any atom is 0.115 e. The minimum Gasteiger partial charge on any atom is -0.508 e. The molecule has 3 rings (SSSR count). The Kier molecular flexibility index (Phi) is 4.52. The van der Waals surface area contributed by atoms with Crippen molar-refractivity contribution in [3.8, 4) is 5.75 Å². The van der Waals surface area contributed by atoms with Crippen molar-refractivity contribution >= 4 is 0 Å². The van der Waals surface area contributed by atoms with Gasteiger partial charge in [-0.3, -0.25) is 0 Å². The molecule has 0 saturated heterocycles. The third-order valence-corrected chi connectivity index (χ3v) is 3.71. The predicted molar refractivity (Wildman–Crippen MR) is 89.7 cm³/mol. The quantitative estimate of drug-likeness (QED) is 0.735. The molecule has 110 valence electrons. The first kappa shape index (κ1) is 14.4. The predicted octanol–water partition coefficient (Wildman–Crippen LogP) is 4.27. The summed E-state index contributed by atoms with van der Waals surface area (Å²) >= 11 is 0.